The third kappa shape index (κ3) is 4.63. The van der Waals surface area contributed by atoms with E-state index in [1.165, 1.54) is 18.1 Å². The zero-order valence-electron chi connectivity index (χ0n) is 17.9. The lowest BCUT2D eigenvalue weighted by Crippen LogP contribution is -2.36. The third-order valence-electron chi connectivity index (χ3n) is 6.43. The maximum absolute atomic E-state index is 13.0. The lowest BCUT2D eigenvalue weighted by molar-refractivity contribution is -0.384. The summed E-state index contributed by atoms with van der Waals surface area (Å²) in [7, 11) is 0. The number of rotatable bonds is 7. The monoisotopic (exact) mass is 419 g/mol. The van der Waals surface area contributed by atoms with Gasteiger partial charge in [0.15, 0.2) is 0 Å². The minimum Gasteiger partial charge on any atom is -0.361 e. The SMILES string of the molecule is CCc1cccc2c(C(CC(=O)NC3CCCCC3)c3cccc([N+](=O)[O-])c3)c[nH]c12. The Hall–Kier alpha value is -3.15. The van der Waals surface area contributed by atoms with E-state index in [9.17, 15) is 14.9 Å². The minimum atomic E-state index is -0.382. The van der Waals surface area contributed by atoms with Gasteiger partial charge in [-0.25, -0.2) is 0 Å². The molecular formula is C25H29N3O3. The van der Waals surface area contributed by atoms with Gasteiger partial charge in [0, 0.05) is 47.6 Å². The molecule has 31 heavy (non-hydrogen) atoms. The van der Waals surface area contributed by atoms with Crippen LogP contribution < -0.4 is 5.32 Å². The predicted octanol–water partition coefficient (Wildman–Crippen LogP) is 5.61. The van der Waals surface area contributed by atoms with Gasteiger partial charge < -0.3 is 10.3 Å². The zero-order chi connectivity index (χ0) is 21.8. The lowest BCUT2D eigenvalue weighted by Gasteiger charge is -2.24. The molecule has 1 aliphatic carbocycles. The van der Waals surface area contributed by atoms with Gasteiger partial charge >= 0.3 is 0 Å². The number of non-ortho nitro benzene ring substituents is 1. The number of carbonyl (C=O) groups is 1. The van der Waals surface area contributed by atoms with Crippen LogP contribution in [-0.2, 0) is 11.2 Å². The highest BCUT2D eigenvalue weighted by Crippen LogP contribution is 2.36. The molecule has 6 nitrogen and oxygen atoms in total. The first-order valence-corrected chi connectivity index (χ1v) is 11.2. The summed E-state index contributed by atoms with van der Waals surface area (Å²) in [5, 5.41) is 15.6. The number of aryl methyl sites for hydroxylation is 1. The maximum atomic E-state index is 13.0. The molecule has 1 amide bonds. The van der Waals surface area contributed by atoms with Gasteiger partial charge in [-0.2, -0.15) is 0 Å². The summed E-state index contributed by atoms with van der Waals surface area (Å²) in [5.74, 6) is -0.256. The molecule has 2 aromatic carbocycles. The van der Waals surface area contributed by atoms with Gasteiger partial charge in [0.1, 0.15) is 0 Å². The second kappa shape index (κ2) is 9.33. The Labute approximate surface area is 182 Å². The smallest absolute Gasteiger partial charge is 0.269 e. The average molecular weight is 420 g/mol. The predicted molar refractivity (Wildman–Crippen MR) is 122 cm³/mol. The van der Waals surface area contributed by atoms with Crippen LogP contribution in [0.15, 0.2) is 48.7 Å². The van der Waals surface area contributed by atoms with Gasteiger partial charge in [-0.05, 0) is 36.0 Å². The Morgan fingerprint density at radius 3 is 2.71 bits per heavy atom. The number of nitro benzene ring substituents is 1. The summed E-state index contributed by atoms with van der Waals surface area (Å²) in [6, 6.07) is 13.1. The van der Waals surface area contributed by atoms with Crippen LogP contribution in [0.5, 0.6) is 0 Å². The van der Waals surface area contributed by atoms with E-state index in [4.69, 9.17) is 0 Å². The van der Waals surface area contributed by atoms with Crippen molar-refractivity contribution in [3.05, 3.63) is 75.5 Å². The number of carbonyl (C=O) groups excluding carboxylic acids is 1. The van der Waals surface area contributed by atoms with Crippen LogP contribution in [0.2, 0.25) is 0 Å². The van der Waals surface area contributed by atoms with Crippen LogP contribution in [0.3, 0.4) is 0 Å². The molecule has 0 bridgehead atoms. The highest BCUT2D eigenvalue weighted by atomic mass is 16.6. The van der Waals surface area contributed by atoms with E-state index in [0.717, 1.165) is 54.1 Å². The summed E-state index contributed by atoms with van der Waals surface area (Å²) in [6.45, 7) is 2.12. The molecule has 0 radical (unpaired) electrons. The van der Waals surface area contributed by atoms with Gasteiger partial charge in [-0.1, -0.05) is 56.5 Å². The molecule has 1 fully saturated rings. The molecule has 1 heterocycles. The topological polar surface area (TPSA) is 88.0 Å². The Balaban J connectivity index is 1.70. The van der Waals surface area contributed by atoms with E-state index in [1.807, 2.05) is 18.3 Å². The second-order valence-corrected chi connectivity index (χ2v) is 8.45. The van der Waals surface area contributed by atoms with Gasteiger partial charge in [0.2, 0.25) is 5.91 Å². The van der Waals surface area contributed by atoms with Gasteiger partial charge in [0.05, 0.1) is 4.92 Å². The fraction of sp³-hybridized carbons (Fsp3) is 0.400. The number of fused-ring (bicyclic) bond motifs is 1. The molecule has 1 aromatic heterocycles. The number of nitrogens with one attached hydrogen (secondary N) is 2. The van der Waals surface area contributed by atoms with Crippen molar-refractivity contribution in [1.29, 1.82) is 0 Å². The van der Waals surface area contributed by atoms with Crippen molar-refractivity contribution in [3.63, 3.8) is 0 Å². The van der Waals surface area contributed by atoms with Crippen LogP contribution in [0, 0.1) is 10.1 Å². The van der Waals surface area contributed by atoms with E-state index < -0.39 is 0 Å². The van der Waals surface area contributed by atoms with E-state index in [1.54, 1.807) is 12.1 Å². The largest absolute Gasteiger partial charge is 0.361 e. The first kappa shape index (κ1) is 21.1. The molecule has 0 spiro atoms. The first-order valence-electron chi connectivity index (χ1n) is 11.2. The quantitative estimate of drug-likeness (QED) is 0.385. The van der Waals surface area contributed by atoms with Crippen molar-refractivity contribution in [3.8, 4) is 0 Å². The molecule has 4 rings (SSSR count). The Bertz CT molecular complexity index is 1080. The summed E-state index contributed by atoms with van der Waals surface area (Å²) in [4.78, 5) is 27.4. The fourth-order valence-corrected chi connectivity index (χ4v) is 4.80. The number of aromatic nitrogens is 1. The van der Waals surface area contributed by atoms with Crippen molar-refractivity contribution in [2.75, 3.05) is 0 Å². The van der Waals surface area contributed by atoms with E-state index in [2.05, 4.69) is 29.4 Å². The number of hydrogen-bond acceptors (Lipinski definition) is 3. The number of nitro groups is 1. The summed E-state index contributed by atoms with van der Waals surface area (Å²) in [6.07, 6.45) is 8.73. The second-order valence-electron chi connectivity index (χ2n) is 8.45. The van der Waals surface area contributed by atoms with Gasteiger partial charge in [0.25, 0.3) is 5.69 Å². The molecule has 3 aromatic rings. The van der Waals surface area contributed by atoms with Crippen LogP contribution >= 0.6 is 0 Å². The molecule has 162 valence electrons. The number of para-hydroxylation sites is 1. The standard InChI is InChI=1S/C25H29N3O3/c1-2-17-8-7-13-21-23(16-26-25(17)21)22(18-9-6-12-20(14-18)28(30)31)15-24(29)27-19-10-4-3-5-11-19/h6-9,12-14,16,19,22,26H,2-5,10-11,15H2,1H3,(H,27,29). The van der Waals surface area contributed by atoms with Crippen molar-refractivity contribution in [1.82, 2.24) is 10.3 Å². The van der Waals surface area contributed by atoms with Crippen molar-refractivity contribution in [2.24, 2.45) is 0 Å². The molecule has 2 N–H and O–H groups in total. The molecular weight excluding hydrogens is 390 g/mol. The normalized spacial score (nSPS) is 15.6. The first-order chi connectivity index (χ1) is 15.1. The van der Waals surface area contributed by atoms with Crippen molar-refractivity contribution >= 4 is 22.5 Å². The van der Waals surface area contributed by atoms with E-state index in [0.29, 0.717) is 0 Å². The third-order valence-corrected chi connectivity index (χ3v) is 6.43. The minimum absolute atomic E-state index is 0.00408. The average Bonchev–Trinajstić information content (AvgIpc) is 3.22. The highest BCUT2D eigenvalue weighted by molar-refractivity contribution is 5.88. The number of aromatic amines is 1. The summed E-state index contributed by atoms with van der Waals surface area (Å²) >= 11 is 0. The number of benzene rings is 2. The van der Waals surface area contributed by atoms with E-state index in [-0.39, 0.29) is 34.9 Å². The molecule has 1 saturated carbocycles. The molecule has 1 aliphatic rings. The number of amides is 1. The molecule has 0 saturated heterocycles. The van der Waals surface area contributed by atoms with Crippen LogP contribution in [0.1, 0.15) is 68.1 Å². The maximum Gasteiger partial charge on any atom is 0.269 e. The summed E-state index contributed by atoms with van der Waals surface area (Å²) < 4.78 is 0. The fourth-order valence-electron chi connectivity index (χ4n) is 4.80. The Morgan fingerprint density at radius 1 is 1.19 bits per heavy atom. The Kier molecular flexibility index (Phi) is 6.35. The van der Waals surface area contributed by atoms with Crippen LogP contribution in [-0.4, -0.2) is 21.9 Å². The molecule has 0 aliphatic heterocycles. The van der Waals surface area contributed by atoms with Crippen LogP contribution in [0.4, 0.5) is 5.69 Å². The molecule has 1 unspecified atom stereocenters. The van der Waals surface area contributed by atoms with Gasteiger partial charge in [-0.3, -0.25) is 14.9 Å². The lowest BCUT2D eigenvalue weighted by atomic mass is 9.87. The zero-order valence-corrected chi connectivity index (χ0v) is 17.9. The number of H-pyrrole nitrogens is 1. The van der Waals surface area contributed by atoms with Crippen molar-refractivity contribution in [2.45, 2.75) is 63.8 Å². The summed E-state index contributed by atoms with van der Waals surface area (Å²) in [5.41, 5.74) is 4.13. The Morgan fingerprint density at radius 2 is 1.97 bits per heavy atom. The van der Waals surface area contributed by atoms with Crippen molar-refractivity contribution < 1.29 is 9.72 Å². The van der Waals surface area contributed by atoms with Crippen LogP contribution in [0.25, 0.3) is 10.9 Å². The number of hydrogen-bond donors (Lipinski definition) is 2. The number of nitrogens with zero attached hydrogens (tertiary/aromatic N) is 1. The molecule has 1 atom stereocenters. The van der Waals surface area contributed by atoms with Gasteiger partial charge in [-0.15, -0.1) is 0 Å². The van der Waals surface area contributed by atoms with E-state index >= 15 is 0 Å². The molecule has 6 heteroatoms. The highest BCUT2D eigenvalue weighted by Gasteiger charge is 2.25.